The van der Waals surface area contributed by atoms with Crippen LogP contribution in [0.4, 0.5) is 0 Å². The fourth-order valence-corrected chi connectivity index (χ4v) is 11.6. The lowest BCUT2D eigenvalue weighted by atomic mass is 9.71. The Morgan fingerprint density at radius 1 is 0.259 bits per heavy atom. The molecule has 13 rings (SSSR count). The molecule has 2 aromatic heterocycles. The number of benzene rings is 11. The maximum Gasteiger partial charge on any atom is 0.0977 e. The Balaban J connectivity index is 1.51. The number of pyridine rings is 2. The van der Waals surface area contributed by atoms with E-state index >= 15 is 0 Å². The number of hydrogen-bond donors (Lipinski definition) is 0. The second kappa shape index (κ2) is 9.64. The number of nitrogens with zero attached hydrogens (tertiary/aromatic N) is 2. The first-order valence-electron chi connectivity index (χ1n) is 21.3. The molecule has 0 aliphatic rings. The molecule has 0 atom stereocenters. The minimum absolute atomic E-state index is 0.0408. The summed E-state index contributed by atoms with van der Waals surface area (Å²) in [6, 6.07) is 25.1. The molecule has 282 valence electrons. The van der Waals surface area contributed by atoms with Crippen LogP contribution in [0, 0.1) is 0 Å². The van der Waals surface area contributed by atoms with E-state index in [1.165, 1.54) is 141 Å². The third kappa shape index (κ3) is 3.70. The smallest absolute Gasteiger partial charge is 0.0977 e. The van der Waals surface area contributed by atoms with Gasteiger partial charge in [-0.25, -0.2) is 0 Å². The highest BCUT2D eigenvalue weighted by Gasteiger charge is 2.34. The van der Waals surface area contributed by atoms with Crippen molar-refractivity contribution in [2.24, 2.45) is 0 Å². The van der Waals surface area contributed by atoms with Crippen LogP contribution in [0.1, 0.15) is 105 Å². The Kier molecular flexibility index (Phi) is 5.55. The summed E-state index contributed by atoms with van der Waals surface area (Å²) in [5.41, 5.74) is 7.38. The minimum Gasteiger partial charge on any atom is -0.254 e. The van der Waals surface area contributed by atoms with Crippen molar-refractivity contribution in [3.8, 4) is 0 Å². The van der Waals surface area contributed by atoms with E-state index in [4.69, 9.17) is 9.97 Å². The molecule has 2 nitrogen and oxygen atoms in total. The molecule has 0 saturated carbocycles. The second-order valence-electron chi connectivity index (χ2n) is 22.2. The summed E-state index contributed by atoms with van der Waals surface area (Å²) in [6.07, 6.45) is 4.08. The Morgan fingerprint density at radius 2 is 0.466 bits per heavy atom. The predicted octanol–water partition coefficient (Wildman–Crippen LogP) is 16.1. The van der Waals surface area contributed by atoms with E-state index in [1.54, 1.807) is 0 Å². The van der Waals surface area contributed by atoms with E-state index in [0.29, 0.717) is 0 Å². The van der Waals surface area contributed by atoms with Gasteiger partial charge < -0.3 is 0 Å². The summed E-state index contributed by atoms with van der Waals surface area (Å²) in [4.78, 5) is 10.5. The zero-order valence-corrected chi connectivity index (χ0v) is 35.8. The Labute approximate surface area is 338 Å². The van der Waals surface area contributed by atoms with Crippen molar-refractivity contribution < 1.29 is 0 Å². The Bertz CT molecular complexity index is 3650. The van der Waals surface area contributed by atoms with Crippen molar-refractivity contribution in [3.05, 3.63) is 95.3 Å². The molecular weight excluding hydrogens is 701 g/mol. The van der Waals surface area contributed by atoms with Crippen LogP contribution >= 0.6 is 0 Å². The van der Waals surface area contributed by atoms with Crippen LogP contribution in [0.25, 0.3) is 130 Å². The van der Waals surface area contributed by atoms with Crippen LogP contribution in [0.15, 0.2) is 73.1 Å². The van der Waals surface area contributed by atoms with E-state index in [2.05, 4.69) is 144 Å². The average Bonchev–Trinajstić information content (AvgIpc) is 3.16. The highest BCUT2D eigenvalue weighted by Crippen LogP contribution is 2.61. The molecule has 0 N–H and O–H groups in total. The van der Waals surface area contributed by atoms with Crippen molar-refractivity contribution >= 4 is 130 Å². The summed E-state index contributed by atoms with van der Waals surface area (Å²) in [5.74, 6) is 0. The molecule has 0 saturated heterocycles. The molecule has 58 heavy (non-hydrogen) atoms. The molecule has 0 fully saturated rings. The maximum absolute atomic E-state index is 5.27. The van der Waals surface area contributed by atoms with E-state index in [-0.39, 0.29) is 21.7 Å². The minimum atomic E-state index is -0.0410. The molecule has 0 bridgehead atoms. The normalized spacial score (nSPS) is 14.6. The van der Waals surface area contributed by atoms with Crippen LogP contribution in [-0.4, -0.2) is 9.97 Å². The number of hydrogen-bond acceptors (Lipinski definition) is 2. The monoisotopic (exact) mass is 748 g/mol. The lowest BCUT2D eigenvalue weighted by Crippen LogP contribution is -2.13. The van der Waals surface area contributed by atoms with E-state index in [0.717, 1.165) is 11.0 Å². The summed E-state index contributed by atoms with van der Waals surface area (Å²) in [7, 11) is 0. The van der Waals surface area contributed by atoms with Crippen LogP contribution in [0.2, 0.25) is 0 Å². The van der Waals surface area contributed by atoms with Gasteiger partial charge in [0.1, 0.15) is 0 Å². The van der Waals surface area contributed by atoms with Gasteiger partial charge in [0.15, 0.2) is 0 Å². The maximum atomic E-state index is 5.27. The van der Waals surface area contributed by atoms with Gasteiger partial charge in [-0.2, -0.15) is 0 Å². The Hall–Kier alpha value is -5.60. The number of rotatable bonds is 0. The summed E-state index contributed by atoms with van der Waals surface area (Å²) < 4.78 is 0. The first kappa shape index (κ1) is 33.4. The topological polar surface area (TPSA) is 25.8 Å². The molecule has 13 aromatic rings. The molecule has 0 spiro atoms. The van der Waals surface area contributed by atoms with Crippen molar-refractivity contribution in [1.29, 1.82) is 0 Å². The van der Waals surface area contributed by atoms with Crippen LogP contribution in [-0.2, 0) is 21.7 Å². The third-order valence-electron chi connectivity index (χ3n) is 14.6. The van der Waals surface area contributed by atoms with Gasteiger partial charge in [-0.1, -0.05) is 83.1 Å². The highest BCUT2D eigenvalue weighted by molar-refractivity contribution is 6.60. The van der Waals surface area contributed by atoms with E-state index < -0.39 is 0 Å². The van der Waals surface area contributed by atoms with Crippen molar-refractivity contribution in [2.75, 3.05) is 0 Å². The number of fused-ring (bicyclic) bond motifs is 6. The molecule has 2 heterocycles. The van der Waals surface area contributed by atoms with E-state index in [1.807, 2.05) is 12.4 Å². The lowest BCUT2D eigenvalue weighted by molar-refractivity contribution is 0.591. The SMILES string of the molecule is CC(C)(C)c1cc2c3cc(C(C)(C)C)cc4c5cc(C(C)(C)C)cc6c7ccnc8c9nccc%10c%11cc(C(C)(C)C)cc%12c(c1)c2c1c(c34)c(c56)c(c78)c(c%109)c1c%12%11. The lowest BCUT2D eigenvalue weighted by Gasteiger charge is -2.32. The Morgan fingerprint density at radius 3 is 0.690 bits per heavy atom. The second-order valence-corrected chi connectivity index (χ2v) is 22.2. The van der Waals surface area contributed by atoms with Crippen molar-refractivity contribution in [2.45, 2.75) is 105 Å². The molecular formula is C56H48N2. The quantitative estimate of drug-likeness (QED) is 0.114. The van der Waals surface area contributed by atoms with Gasteiger partial charge >= 0.3 is 0 Å². The summed E-state index contributed by atoms with van der Waals surface area (Å²) >= 11 is 0. The van der Waals surface area contributed by atoms with Crippen LogP contribution in [0.3, 0.4) is 0 Å². The first-order valence-corrected chi connectivity index (χ1v) is 21.3. The van der Waals surface area contributed by atoms with Gasteiger partial charge in [-0.15, -0.1) is 0 Å². The van der Waals surface area contributed by atoms with Gasteiger partial charge in [-0.3, -0.25) is 9.97 Å². The van der Waals surface area contributed by atoms with Gasteiger partial charge in [0.05, 0.1) is 11.0 Å². The molecule has 0 unspecified atom stereocenters. The van der Waals surface area contributed by atoms with Crippen LogP contribution in [0.5, 0.6) is 0 Å². The third-order valence-corrected chi connectivity index (χ3v) is 14.6. The fourth-order valence-electron chi connectivity index (χ4n) is 11.6. The summed E-state index contributed by atoms with van der Waals surface area (Å²) in [5, 5.41) is 30.1. The predicted molar refractivity (Wildman–Crippen MR) is 254 cm³/mol. The zero-order chi connectivity index (χ0) is 40.1. The first-order chi connectivity index (χ1) is 27.3. The molecule has 0 amide bonds. The summed E-state index contributed by atoms with van der Waals surface area (Å²) in [6.45, 7) is 28.5. The van der Waals surface area contributed by atoms with Crippen molar-refractivity contribution in [3.63, 3.8) is 0 Å². The fraction of sp³-hybridized carbons (Fsp3) is 0.286. The molecule has 0 aliphatic carbocycles. The van der Waals surface area contributed by atoms with Gasteiger partial charge in [0, 0.05) is 44.7 Å². The van der Waals surface area contributed by atoms with Crippen molar-refractivity contribution in [1.82, 2.24) is 9.97 Å². The molecule has 0 aliphatic heterocycles. The zero-order valence-electron chi connectivity index (χ0n) is 35.8. The van der Waals surface area contributed by atoms with Crippen LogP contribution < -0.4 is 0 Å². The molecule has 11 aromatic carbocycles. The average molecular weight is 749 g/mol. The van der Waals surface area contributed by atoms with Gasteiger partial charge in [0.25, 0.3) is 0 Å². The van der Waals surface area contributed by atoms with E-state index in [9.17, 15) is 0 Å². The molecule has 2 heteroatoms. The largest absolute Gasteiger partial charge is 0.254 e. The highest BCUT2D eigenvalue weighted by atomic mass is 14.7. The molecule has 0 radical (unpaired) electrons. The number of aromatic nitrogens is 2. The van der Waals surface area contributed by atoms with Gasteiger partial charge in [-0.05, 0) is 191 Å². The van der Waals surface area contributed by atoms with Gasteiger partial charge in [0.2, 0.25) is 0 Å². The standard InChI is InChI=1S/C56H48N2/c1-53(2,3)25-17-31-29-13-15-57-51-43(29)49-47-39(31)33(19-25)35-21-27(55(7,8)9)23-37-38-24-28(56(10,11)12)22-36-34-20-26(54(4,5)6)18-32-30-14-16-58-52(51)44(30)50(49)48(40(32)34)46(42(36)38)45(47)41(35)37/h13-24H,1-12H3.